The van der Waals surface area contributed by atoms with Crippen molar-refractivity contribution >= 4 is 10.8 Å². The molecule has 0 amide bonds. The third kappa shape index (κ3) is 2.19. The zero-order chi connectivity index (χ0) is 16.0. The highest BCUT2D eigenvalue weighted by Crippen LogP contribution is 2.32. The van der Waals surface area contributed by atoms with E-state index in [9.17, 15) is 4.39 Å². The van der Waals surface area contributed by atoms with Gasteiger partial charge in [0.2, 0.25) is 5.69 Å². The second-order valence-electron chi connectivity index (χ2n) is 6.17. The summed E-state index contributed by atoms with van der Waals surface area (Å²) in [6, 6.07) is 10.6. The fourth-order valence-corrected chi connectivity index (χ4v) is 3.11. The maximum absolute atomic E-state index is 14.2. The first-order chi connectivity index (χ1) is 10.4. The summed E-state index contributed by atoms with van der Waals surface area (Å²) in [5.74, 6) is -0.0969. The molecular weight excluding hydrogens is 273 g/mol. The monoisotopic (exact) mass is 294 g/mol. The molecular formula is C20H21FN+. The number of nitrogens with zero attached hydrogens (tertiary/aromatic N) is 1. The van der Waals surface area contributed by atoms with E-state index < -0.39 is 0 Å². The van der Waals surface area contributed by atoms with E-state index in [0.717, 1.165) is 22.4 Å². The van der Waals surface area contributed by atoms with E-state index in [1.165, 1.54) is 16.3 Å². The molecule has 3 rings (SSSR count). The SMILES string of the molecule is Cc1ccc2cc[n+](C)c(-c3cc(C)c(F)c(C)c3C)c2c1. The second kappa shape index (κ2) is 5.20. The predicted octanol–water partition coefficient (Wildman–Crippen LogP) is 4.70. The lowest BCUT2D eigenvalue weighted by atomic mass is 9.93. The van der Waals surface area contributed by atoms with Crippen molar-refractivity contribution in [1.82, 2.24) is 0 Å². The van der Waals surface area contributed by atoms with Gasteiger partial charge in [0.1, 0.15) is 12.9 Å². The fraction of sp³-hybridized carbons (Fsp3) is 0.250. The van der Waals surface area contributed by atoms with Crippen LogP contribution in [0.15, 0.2) is 36.5 Å². The molecule has 0 atom stereocenters. The Morgan fingerprint density at radius 3 is 2.36 bits per heavy atom. The highest BCUT2D eigenvalue weighted by molar-refractivity contribution is 5.94. The fourth-order valence-electron chi connectivity index (χ4n) is 3.11. The van der Waals surface area contributed by atoms with Crippen molar-refractivity contribution in [3.05, 3.63) is 64.6 Å². The van der Waals surface area contributed by atoms with E-state index in [1.807, 2.05) is 33.9 Å². The minimum absolute atomic E-state index is 0.0969. The molecule has 3 aromatic rings. The Kier molecular flexibility index (Phi) is 3.48. The van der Waals surface area contributed by atoms with Gasteiger partial charge >= 0.3 is 0 Å². The van der Waals surface area contributed by atoms with Crippen LogP contribution in [-0.2, 0) is 7.05 Å². The molecule has 112 valence electrons. The molecule has 0 aliphatic carbocycles. The normalized spacial score (nSPS) is 11.2. The van der Waals surface area contributed by atoms with Crippen LogP contribution in [0, 0.1) is 33.5 Å². The van der Waals surface area contributed by atoms with Gasteiger partial charge in [-0.3, -0.25) is 0 Å². The standard InChI is InChI=1S/C20H21FN/c1-12-6-7-16-8-9-22(5)20(18(16)10-12)17-11-13(2)19(21)15(4)14(17)3/h6-11H,1-5H3/q+1. The first kappa shape index (κ1) is 14.7. The number of aryl methyl sites for hydroxylation is 3. The number of pyridine rings is 1. The summed E-state index contributed by atoms with van der Waals surface area (Å²) in [6.45, 7) is 7.80. The molecule has 0 saturated heterocycles. The Morgan fingerprint density at radius 1 is 0.909 bits per heavy atom. The summed E-state index contributed by atoms with van der Waals surface area (Å²) in [6.07, 6.45) is 2.07. The first-order valence-corrected chi connectivity index (χ1v) is 7.56. The van der Waals surface area contributed by atoms with E-state index in [4.69, 9.17) is 0 Å². The summed E-state index contributed by atoms with van der Waals surface area (Å²) < 4.78 is 16.3. The molecule has 0 unspecified atom stereocenters. The summed E-state index contributed by atoms with van der Waals surface area (Å²) in [5.41, 5.74) is 5.92. The Morgan fingerprint density at radius 2 is 1.64 bits per heavy atom. The average molecular weight is 294 g/mol. The minimum Gasteiger partial charge on any atom is -0.206 e. The van der Waals surface area contributed by atoms with Crippen molar-refractivity contribution in [2.24, 2.45) is 7.05 Å². The Balaban J connectivity index is 2.45. The van der Waals surface area contributed by atoms with Crippen molar-refractivity contribution in [1.29, 1.82) is 0 Å². The Labute approximate surface area is 131 Å². The molecule has 0 aliphatic heterocycles. The van der Waals surface area contributed by atoms with Gasteiger partial charge < -0.3 is 0 Å². The zero-order valence-corrected chi connectivity index (χ0v) is 13.8. The van der Waals surface area contributed by atoms with Crippen molar-refractivity contribution in [2.45, 2.75) is 27.7 Å². The van der Waals surface area contributed by atoms with E-state index in [1.54, 1.807) is 0 Å². The molecule has 1 nitrogen and oxygen atoms in total. The number of aromatic nitrogens is 1. The van der Waals surface area contributed by atoms with Gasteiger partial charge in [-0.25, -0.2) is 8.96 Å². The molecule has 0 N–H and O–H groups in total. The smallest absolute Gasteiger partial charge is 0.206 e. The van der Waals surface area contributed by atoms with Crippen LogP contribution in [0.1, 0.15) is 22.3 Å². The van der Waals surface area contributed by atoms with Gasteiger partial charge in [0.15, 0.2) is 6.20 Å². The average Bonchev–Trinajstić information content (AvgIpc) is 2.49. The molecule has 2 aromatic carbocycles. The van der Waals surface area contributed by atoms with Crippen LogP contribution in [0.2, 0.25) is 0 Å². The van der Waals surface area contributed by atoms with Gasteiger partial charge in [0.05, 0.1) is 10.9 Å². The topological polar surface area (TPSA) is 3.88 Å². The van der Waals surface area contributed by atoms with Crippen LogP contribution < -0.4 is 4.57 Å². The number of hydrogen-bond acceptors (Lipinski definition) is 0. The number of benzene rings is 2. The molecule has 0 radical (unpaired) electrons. The quantitative estimate of drug-likeness (QED) is 0.573. The highest BCUT2D eigenvalue weighted by atomic mass is 19.1. The van der Waals surface area contributed by atoms with Gasteiger partial charge in [-0.15, -0.1) is 0 Å². The van der Waals surface area contributed by atoms with Gasteiger partial charge in [0, 0.05) is 6.07 Å². The van der Waals surface area contributed by atoms with Crippen LogP contribution >= 0.6 is 0 Å². The minimum atomic E-state index is -0.0969. The second-order valence-corrected chi connectivity index (χ2v) is 6.17. The number of hydrogen-bond donors (Lipinski definition) is 0. The van der Waals surface area contributed by atoms with E-state index in [-0.39, 0.29) is 5.82 Å². The van der Waals surface area contributed by atoms with Crippen LogP contribution in [0.25, 0.3) is 22.0 Å². The van der Waals surface area contributed by atoms with Crippen molar-refractivity contribution in [3.8, 4) is 11.3 Å². The third-order valence-corrected chi connectivity index (χ3v) is 4.55. The van der Waals surface area contributed by atoms with Gasteiger partial charge in [-0.05, 0) is 61.9 Å². The van der Waals surface area contributed by atoms with Gasteiger partial charge in [-0.1, -0.05) is 17.7 Å². The molecule has 22 heavy (non-hydrogen) atoms. The van der Waals surface area contributed by atoms with E-state index in [0.29, 0.717) is 5.56 Å². The van der Waals surface area contributed by atoms with Gasteiger partial charge in [-0.2, -0.15) is 0 Å². The number of fused-ring (bicyclic) bond motifs is 1. The largest absolute Gasteiger partial charge is 0.220 e. The lowest BCUT2D eigenvalue weighted by Gasteiger charge is -2.13. The molecule has 0 aliphatic rings. The van der Waals surface area contributed by atoms with Crippen LogP contribution in [0.5, 0.6) is 0 Å². The molecule has 1 heterocycles. The maximum atomic E-state index is 14.2. The lowest BCUT2D eigenvalue weighted by Crippen LogP contribution is -2.31. The van der Waals surface area contributed by atoms with Crippen LogP contribution in [0.3, 0.4) is 0 Å². The number of halogens is 1. The van der Waals surface area contributed by atoms with Crippen molar-refractivity contribution < 1.29 is 8.96 Å². The summed E-state index contributed by atoms with van der Waals surface area (Å²) >= 11 is 0. The van der Waals surface area contributed by atoms with Crippen molar-refractivity contribution in [3.63, 3.8) is 0 Å². The molecule has 1 aromatic heterocycles. The van der Waals surface area contributed by atoms with E-state index >= 15 is 0 Å². The van der Waals surface area contributed by atoms with Gasteiger partial charge in [0.25, 0.3) is 0 Å². The molecule has 0 saturated carbocycles. The van der Waals surface area contributed by atoms with Crippen molar-refractivity contribution in [2.75, 3.05) is 0 Å². The lowest BCUT2D eigenvalue weighted by molar-refractivity contribution is -0.659. The first-order valence-electron chi connectivity index (χ1n) is 7.56. The highest BCUT2D eigenvalue weighted by Gasteiger charge is 2.20. The van der Waals surface area contributed by atoms with Crippen LogP contribution in [0.4, 0.5) is 4.39 Å². The summed E-state index contributed by atoms with van der Waals surface area (Å²) in [5, 5.41) is 2.41. The predicted molar refractivity (Wildman–Crippen MR) is 89.5 cm³/mol. The molecule has 0 fully saturated rings. The molecule has 2 heteroatoms. The molecule has 0 bridgehead atoms. The maximum Gasteiger partial charge on any atom is 0.220 e. The molecule has 0 spiro atoms. The summed E-state index contributed by atoms with van der Waals surface area (Å²) in [4.78, 5) is 0. The third-order valence-electron chi connectivity index (χ3n) is 4.55. The zero-order valence-electron chi connectivity index (χ0n) is 13.8. The van der Waals surface area contributed by atoms with Crippen LogP contribution in [-0.4, -0.2) is 0 Å². The Hall–Kier alpha value is -2.22. The van der Waals surface area contributed by atoms with E-state index in [2.05, 4.69) is 42.0 Å². The Bertz CT molecular complexity index is 889. The number of rotatable bonds is 1. The summed E-state index contributed by atoms with van der Waals surface area (Å²) in [7, 11) is 2.05.